The van der Waals surface area contributed by atoms with E-state index in [9.17, 15) is 13.2 Å². The molecule has 3 aromatic rings. The van der Waals surface area contributed by atoms with Gasteiger partial charge < -0.3 is 14.4 Å². The van der Waals surface area contributed by atoms with E-state index in [1.165, 1.54) is 3.97 Å². The average molecular weight is 403 g/mol. The lowest BCUT2D eigenvalue weighted by Crippen LogP contribution is -2.47. The zero-order valence-electron chi connectivity index (χ0n) is 16.7. The van der Waals surface area contributed by atoms with E-state index in [2.05, 4.69) is 23.3 Å². The highest BCUT2D eigenvalue weighted by atomic mass is 32.2. The molecule has 4 rings (SSSR count). The van der Waals surface area contributed by atoms with Gasteiger partial charge in [-0.2, -0.15) is 0 Å². The Morgan fingerprint density at radius 2 is 1.68 bits per heavy atom. The first-order chi connectivity index (χ1) is 13.2. The van der Waals surface area contributed by atoms with Crippen molar-refractivity contribution in [3.8, 4) is 0 Å². The number of amides is 1. The van der Waals surface area contributed by atoms with Crippen LogP contribution in [0.15, 0.2) is 30.3 Å². The van der Waals surface area contributed by atoms with E-state index >= 15 is 0 Å². The Balaban J connectivity index is 2.00. The van der Waals surface area contributed by atoms with Crippen molar-refractivity contribution in [2.24, 2.45) is 0 Å². The van der Waals surface area contributed by atoms with Gasteiger partial charge in [0.25, 0.3) is 5.91 Å². The summed E-state index contributed by atoms with van der Waals surface area (Å²) in [5.41, 5.74) is 2.55. The molecule has 1 aliphatic heterocycles. The van der Waals surface area contributed by atoms with Crippen LogP contribution in [0.3, 0.4) is 0 Å². The average Bonchev–Trinajstić information content (AvgIpc) is 3.15. The van der Waals surface area contributed by atoms with Crippen molar-refractivity contribution >= 4 is 37.9 Å². The number of fused-ring (bicyclic) bond motifs is 3. The summed E-state index contributed by atoms with van der Waals surface area (Å²) in [6.45, 7) is 6.88. The molecule has 0 N–H and O–H groups in total. The number of hydrogen-bond acceptors (Lipinski definition) is 4. The molecule has 2 aromatic heterocycles. The van der Waals surface area contributed by atoms with E-state index in [0.717, 1.165) is 35.8 Å². The minimum atomic E-state index is -3.67. The molecule has 0 atom stereocenters. The molecule has 0 saturated carbocycles. The normalized spacial score (nSPS) is 16.5. The summed E-state index contributed by atoms with van der Waals surface area (Å²) in [7, 11) is -1.65. The zero-order valence-corrected chi connectivity index (χ0v) is 17.5. The highest BCUT2D eigenvalue weighted by Crippen LogP contribution is 2.35. The molecule has 1 amide bonds. The zero-order chi connectivity index (χ0) is 20.2. The molecule has 7 nitrogen and oxygen atoms in total. The van der Waals surface area contributed by atoms with Gasteiger partial charge in [-0.15, -0.1) is 0 Å². The number of carbonyl (C=O) groups is 1. The summed E-state index contributed by atoms with van der Waals surface area (Å²) in [4.78, 5) is 17.2. The van der Waals surface area contributed by atoms with E-state index in [1.807, 2.05) is 31.3 Å². The predicted octanol–water partition coefficient (Wildman–Crippen LogP) is 2.37. The summed E-state index contributed by atoms with van der Waals surface area (Å²) in [6, 6.07) is 9.63. The second-order valence-electron chi connectivity index (χ2n) is 7.87. The molecule has 1 aromatic carbocycles. The first-order valence-corrected chi connectivity index (χ1v) is 11.4. The molecule has 0 radical (unpaired) electrons. The molecule has 3 heterocycles. The van der Waals surface area contributed by atoms with Crippen LogP contribution in [-0.4, -0.2) is 72.1 Å². The van der Waals surface area contributed by atoms with Crippen LogP contribution in [0.25, 0.3) is 21.9 Å². The number of carbonyl (C=O) groups excluding carboxylic acids is 1. The van der Waals surface area contributed by atoms with Crippen LogP contribution >= 0.6 is 0 Å². The van der Waals surface area contributed by atoms with Crippen molar-refractivity contribution in [3.63, 3.8) is 0 Å². The van der Waals surface area contributed by atoms with Crippen LogP contribution in [0.5, 0.6) is 0 Å². The highest BCUT2D eigenvalue weighted by molar-refractivity contribution is 7.89. The van der Waals surface area contributed by atoms with Gasteiger partial charge in [0.05, 0.1) is 22.8 Å². The topological polar surface area (TPSA) is 67.6 Å². The maximum atomic E-state index is 13.3. The number of piperazine rings is 1. The number of hydrogen-bond donors (Lipinski definition) is 0. The van der Waals surface area contributed by atoms with Gasteiger partial charge in [0, 0.05) is 37.6 Å². The van der Waals surface area contributed by atoms with Gasteiger partial charge >= 0.3 is 0 Å². The van der Waals surface area contributed by atoms with Gasteiger partial charge in [0.1, 0.15) is 5.69 Å². The lowest BCUT2D eigenvalue weighted by Gasteiger charge is -2.32. The smallest absolute Gasteiger partial charge is 0.271 e. The molecule has 150 valence electrons. The van der Waals surface area contributed by atoms with E-state index < -0.39 is 10.0 Å². The molecule has 1 fully saturated rings. The van der Waals surface area contributed by atoms with Crippen molar-refractivity contribution in [1.82, 2.24) is 18.3 Å². The van der Waals surface area contributed by atoms with Crippen molar-refractivity contribution in [2.45, 2.75) is 19.9 Å². The van der Waals surface area contributed by atoms with Gasteiger partial charge in [-0.1, -0.05) is 18.2 Å². The molecule has 1 saturated heterocycles. The summed E-state index contributed by atoms with van der Waals surface area (Å²) >= 11 is 0. The van der Waals surface area contributed by atoms with E-state index in [-0.39, 0.29) is 17.6 Å². The van der Waals surface area contributed by atoms with E-state index in [1.54, 1.807) is 11.0 Å². The van der Waals surface area contributed by atoms with Crippen molar-refractivity contribution in [1.29, 1.82) is 0 Å². The van der Waals surface area contributed by atoms with Crippen LogP contribution in [0.4, 0.5) is 0 Å². The Morgan fingerprint density at radius 3 is 2.29 bits per heavy atom. The fraction of sp³-hybridized carbons (Fsp3) is 0.450. The Morgan fingerprint density at radius 1 is 1.04 bits per heavy atom. The van der Waals surface area contributed by atoms with Crippen LogP contribution in [0, 0.1) is 0 Å². The molecule has 0 bridgehead atoms. The first kappa shape index (κ1) is 19.0. The number of rotatable bonds is 3. The van der Waals surface area contributed by atoms with Gasteiger partial charge in [-0.25, -0.2) is 12.4 Å². The fourth-order valence-electron chi connectivity index (χ4n) is 4.15. The quantitative estimate of drug-likeness (QED) is 0.675. The first-order valence-electron chi connectivity index (χ1n) is 9.53. The molecule has 0 unspecified atom stereocenters. The molecule has 28 heavy (non-hydrogen) atoms. The maximum absolute atomic E-state index is 13.3. The summed E-state index contributed by atoms with van der Waals surface area (Å²) in [5.74, 6) is -0.228. The number of aromatic nitrogens is 2. The minimum absolute atomic E-state index is 0.129. The Labute approximate surface area is 165 Å². The largest absolute Gasteiger partial charge is 0.337 e. The second kappa shape index (κ2) is 6.63. The number of likely N-dealkylation sites (N-methyl/N-ethyl adjacent to an activating group) is 1. The third-order valence-corrected chi connectivity index (χ3v) is 6.52. The van der Waals surface area contributed by atoms with Gasteiger partial charge in [-0.05, 0) is 33.0 Å². The molecule has 0 aliphatic carbocycles. The molecular formula is C20H26N4O3S. The number of nitrogens with zero attached hydrogens (tertiary/aromatic N) is 4. The second-order valence-corrected chi connectivity index (χ2v) is 9.70. The molecule has 8 heteroatoms. The monoisotopic (exact) mass is 402 g/mol. The SMILES string of the molecule is CC(C)n1c2ccccc2c2c1cc(C(=O)N1CCN(C)CC1)n2S(C)(=O)=O. The third kappa shape index (κ3) is 2.91. The summed E-state index contributed by atoms with van der Waals surface area (Å²) < 4.78 is 28.9. The number of benzene rings is 1. The standard InChI is InChI=1S/C20H26N4O3S/c1-14(2)23-16-8-6-5-7-15(16)19-17(23)13-18(24(19)28(4,26)27)20(25)22-11-9-21(3)10-12-22/h5-8,13-14H,9-12H2,1-4H3. The Bertz CT molecular complexity index is 1170. The Hall–Kier alpha value is -2.32. The number of para-hydroxylation sites is 1. The molecule has 1 aliphatic rings. The van der Waals surface area contributed by atoms with Crippen LogP contribution in [-0.2, 0) is 10.0 Å². The lowest BCUT2D eigenvalue weighted by atomic mass is 10.2. The van der Waals surface area contributed by atoms with Crippen molar-refractivity contribution in [3.05, 3.63) is 36.0 Å². The van der Waals surface area contributed by atoms with Gasteiger partial charge in [0.2, 0.25) is 10.0 Å². The van der Waals surface area contributed by atoms with E-state index in [0.29, 0.717) is 18.6 Å². The third-order valence-electron chi connectivity index (χ3n) is 5.47. The van der Waals surface area contributed by atoms with E-state index in [4.69, 9.17) is 0 Å². The molecule has 0 spiro atoms. The van der Waals surface area contributed by atoms with Gasteiger partial charge in [0.15, 0.2) is 0 Å². The van der Waals surface area contributed by atoms with Crippen LogP contribution < -0.4 is 0 Å². The van der Waals surface area contributed by atoms with Crippen molar-refractivity contribution in [2.75, 3.05) is 39.5 Å². The Kier molecular flexibility index (Phi) is 4.50. The lowest BCUT2D eigenvalue weighted by molar-refractivity contribution is 0.0657. The maximum Gasteiger partial charge on any atom is 0.271 e. The van der Waals surface area contributed by atoms with Crippen LogP contribution in [0.1, 0.15) is 30.4 Å². The molecular weight excluding hydrogens is 376 g/mol. The van der Waals surface area contributed by atoms with Crippen molar-refractivity contribution < 1.29 is 13.2 Å². The fourth-order valence-corrected chi connectivity index (χ4v) is 5.16. The minimum Gasteiger partial charge on any atom is -0.337 e. The van der Waals surface area contributed by atoms with Gasteiger partial charge in [-0.3, -0.25) is 4.79 Å². The summed E-state index contributed by atoms with van der Waals surface area (Å²) in [5, 5.41) is 0.842. The van der Waals surface area contributed by atoms with Crippen LogP contribution in [0.2, 0.25) is 0 Å². The predicted molar refractivity (Wildman–Crippen MR) is 111 cm³/mol. The summed E-state index contributed by atoms with van der Waals surface area (Å²) in [6.07, 6.45) is 1.16. The highest BCUT2D eigenvalue weighted by Gasteiger charge is 2.30.